The number of nitrogen functional groups attached to an aromatic ring is 1. The third kappa shape index (κ3) is 2.73. The lowest BCUT2D eigenvalue weighted by atomic mass is 10.3. The third-order valence-corrected chi connectivity index (χ3v) is 4.73. The summed E-state index contributed by atoms with van der Waals surface area (Å²) in [7, 11) is -6.05. The monoisotopic (exact) mass is 282 g/mol. The Hall–Kier alpha value is -1.19. The number of hydrogen-bond acceptors (Lipinski definition) is 5. The highest BCUT2D eigenvalue weighted by Crippen LogP contribution is 2.24. The van der Waals surface area contributed by atoms with E-state index in [-0.39, 0.29) is 4.90 Å². The zero-order valence-corrected chi connectivity index (χ0v) is 10.7. The number of hydrogen-bond donors (Lipinski definition) is 1. The molecule has 0 bridgehead atoms. The van der Waals surface area contributed by atoms with Gasteiger partial charge in [0.1, 0.15) is 4.90 Å². The molecule has 17 heavy (non-hydrogen) atoms. The van der Waals surface area contributed by atoms with Crippen molar-refractivity contribution in [3.8, 4) is 0 Å². The number of sulfonamides is 1. The molecular formula is C8H11FN2O4S2. The highest BCUT2D eigenvalue weighted by molar-refractivity contribution is 7.89. The van der Waals surface area contributed by atoms with Gasteiger partial charge in [0.25, 0.3) is 0 Å². The van der Waals surface area contributed by atoms with Crippen LogP contribution >= 0.6 is 0 Å². The van der Waals surface area contributed by atoms with Gasteiger partial charge in [-0.05, 0) is 18.2 Å². The van der Waals surface area contributed by atoms with Crippen molar-refractivity contribution >= 4 is 25.9 Å². The molecule has 0 amide bonds. The van der Waals surface area contributed by atoms with Crippen molar-refractivity contribution in [3.63, 3.8) is 0 Å². The minimum atomic E-state index is -4.95. The molecule has 1 aromatic carbocycles. The summed E-state index contributed by atoms with van der Waals surface area (Å²) in [5.41, 5.74) is 4.85. The molecule has 0 aliphatic heterocycles. The van der Waals surface area contributed by atoms with Crippen LogP contribution in [0, 0.1) is 0 Å². The molecule has 0 radical (unpaired) electrons. The number of nitrogens with two attached hydrogens (primary N) is 1. The molecule has 0 saturated heterocycles. The zero-order chi connectivity index (χ0) is 13.4. The van der Waals surface area contributed by atoms with Crippen LogP contribution < -0.4 is 5.73 Å². The van der Waals surface area contributed by atoms with Crippen LogP contribution in [-0.4, -0.2) is 35.2 Å². The maximum absolute atomic E-state index is 12.7. The van der Waals surface area contributed by atoms with Crippen LogP contribution in [0.2, 0.25) is 0 Å². The molecule has 0 spiro atoms. The molecule has 0 atom stereocenters. The van der Waals surface area contributed by atoms with E-state index in [2.05, 4.69) is 0 Å². The van der Waals surface area contributed by atoms with Crippen LogP contribution in [0.3, 0.4) is 0 Å². The van der Waals surface area contributed by atoms with Crippen molar-refractivity contribution in [1.82, 2.24) is 4.31 Å². The Morgan fingerprint density at radius 3 is 2.06 bits per heavy atom. The van der Waals surface area contributed by atoms with Gasteiger partial charge in [-0.25, -0.2) is 12.7 Å². The number of nitrogens with zero attached hydrogens (tertiary/aromatic N) is 1. The molecule has 0 aromatic heterocycles. The van der Waals surface area contributed by atoms with Gasteiger partial charge in [0.05, 0.1) is 10.6 Å². The first-order valence-corrected chi connectivity index (χ1v) is 7.16. The van der Waals surface area contributed by atoms with Gasteiger partial charge in [0.2, 0.25) is 10.0 Å². The Morgan fingerprint density at radius 1 is 1.18 bits per heavy atom. The molecule has 2 N–H and O–H groups in total. The van der Waals surface area contributed by atoms with Crippen LogP contribution in [0.15, 0.2) is 28.0 Å². The Balaban J connectivity index is 3.43. The largest absolute Gasteiger partial charge is 0.398 e. The maximum Gasteiger partial charge on any atom is 0.334 e. The summed E-state index contributed by atoms with van der Waals surface area (Å²) in [6, 6.07) is 2.71. The normalized spacial score (nSPS) is 12.9. The van der Waals surface area contributed by atoms with Crippen LogP contribution in [0.1, 0.15) is 0 Å². The molecule has 0 aliphatic carbocycles. The maximum atomic E-state index is 12.7. The highest BCUT2D eigenvalue weighted by Gasteiger charge is 2.21. The summed E-state index contributed by atoms with van der Waals surface area (Å²) in [4.78, 5) is -0.942. The lowest BCUT2D eigenvalue weighted by Crippen LogP contribution is -2.22. The highest BCUT2D eigenvalue weighted by atomic mass is 32.3. The van der Waals surface area contributed by atoms with Crippen LogP contribution in [0.5, 0.6) is 0 Å². The first kappa shape index (κ1) is 13.9. The first-order chi connectivity index (χ1) is 7.56. The van der Waals surface area contributed by atoms with Gasteiger partial charge < -0.3 is 5.73 Å². The molecule has 0 saturated carbocycles. The summed E-state index contributed by atoms with van der Waals surface area (Å²) in [6.45, 7) is 0. The van der Waals surface area contributed by atoms with Crippen molar-refractivity contribution in [2.75, 3.05) is 19.8 Å². The van der Waals surface area contributed by atoms with Crippen molar-refractivity contribution in [3.05, 3.63) is 18.2 Å². The van der Waals surface area contributed by atoms with Gasteiger partial charge in [-0.3, -0.25) is 0 Å². The van der Waals surface area contributed by atoms with Crippen molar-refractivity contribution < 1.29 is 20.7 Å². The van der Waals surface area contributed by atoms with Gasteiger partial charge in [0, 0.05) is 14.1 Å². The van der Waals surface area contributed by atoms with Crippen LogP contribution in [0.25, 0.3) is 0 Å². The van der Waals surface area contributed by atoms with E-state index in [9.17, 15) is 20.7 Å². The average molecular weight is 282 g/mol. The Kier molecular flexibility index (Phi) is 3.46. The van der Waals surface area contributed by atoms with E-state index in [1.807, 2.05) is 0 Å². The lowest BCUT2D eigenvalue weighted by molar-refractivity contribution is 0.520. The fourth-order valence-electron chi connectivity index (χ4n) is 1.12. The molecule has 0 unspecified atom stereocenters. The fourth-order valence-corrected chi connectivity index (χ4v) is 2.63. The van der Waals surface area contributed by atoms with Crippen molar-refractivity contribution in [2.45, 2.75) is 9.79 Å². The molecule has 1 aromatic rings. The molecule has 1 rings (SSSR count). The lowest BCUT2D eigenvalue weighted by Gasteiger charge is -2.12. The molecule has 0 aliphatic rings. The summed E-state index contributed by atoms with van der Waals surface area (Å²) in [6.07, 6.45) is 0. The van der Waals surface area contributed by atoms with E-state index >= 15 is 0 Å². The van der Waals surface area contributed by atoms with Gasteiger partial charge in [0.15, 0.2) is 0 Å². The van der Waals surface area contributed by atoms with Crippen molar-refractivity contribution in [1.29, 1.82) is 0 Å². The minimum Gasteiger partial charge on any atom is -0.398 e. The van der Waals surface area contributed by atoms with Crippen LogP contribution in [-0.2, 0) is 20.2 Å². The Labute approximate surface area is 99.1 Å². The first-order valence-electron chi connectivity index (χ1n) is 4.33. The predicted molar refractivity (Wildman–Crippen MR) is 60.0 cm³/mol. The Morgan fingerprint density at radius 2 is 1.71 bits per heavy atom. The topological polar surface area (TPSA) is 97.5 Å². The van der Waals surface area contributed by atoms with E-state index < -0.39 is 30.8 Å². The summed E-state index contributed by atoms with van der Waals surface area (Å²) >= 11 is 0. The second-order valence-electron chi connectivity index (χ2n) is 3.42. The van der Waals surface area contributed by atoms with Gasteiger partial charge in [-0.1, -0.05) is 0 Å². The summed E-state index contributed by atoms with van der Waals surface area (Å²) in [5, 5.41) is 0. The smallest absolute Gasteiger partial charge is 0.334 e. The van der Waals surface area contributed by atoms with E-state index in [4.69, 9.17) is 5.73 Å². The second-order valence-corrected chi connectivity index (χ2v) is 6.89. The average Bonchev–Trinajstić information content (AvgIpc) is 2.15. The van der Waals surface area contributed by atoms with E-state index in [1.54, 1.807) is 0 Å². The number of anilines is 1. The number of rotatable bonds is 3. The number of halogens is 1. The number of benzene rings is 1. The van der Waals surface area contributed by atoms with E-state index in [0.29, 0.717) is 0 Å². The quantitative estimate of drug-likeness (QED) is 0.630. The van der Waals surface area contributed by atoms with Gasteiger partial charge in [-0.2, -0.15) is 8.42 Å². The van der Waals surface area contributed by atoms with E-state index in [1.165, 1.54) is 14.1 Å². The fraction of sp³-hybridized carbons (Fsp3) is 0.250. The molecular weight excluding hydrogens is 271 g/mol. The molecule has 96 valence electrons. The molecule has 0 fully saturated rings. The SMILES string of the molecule is CN(C)S(=O)(=O)c1ccc(S(=O)(=O)F)c(N)c1. The predicted octanol–water partition coefficient (Wildman–Crippen LogP) is 0.177. The van der Waals surface area contributed by atoms with Crippen molar-refractivity contribution in [2.24, 2.45) is 0 Å². The zero-order valence-electron chi connectivity index (χ0n) is 9.08. The van der Waals surface area contributed by atoms with Gasteiger partial charge >= 0.3 is 10.2 Å². The third-order valence-electron chi connectivity index (χ3n) is 2.02. The molecule has 6 nitrogen and oxygen atoms in total. The van der Waals surface area contributed by atoms with Gasteiger partial charge in [-0.15, -0.1) is 3.89 Å². The van der Waals surface area contributed by atoms with E-state index in [0.717, 1.165) is 22.5 Å². The summed E-state index contributed by atoms with van der Waals surface area (Å²) < 4.78 is 58.3. The molecule has 0 heterocycles. The summed E-state index contributed by atoms with van der Waals surface area (Å²) in [5.74, 6) is 0. The molecule has 9 heteroatoms. The standard InChI is InChI=1S/C8H11FN2O4S2/c1-11(2)17(14,15)6-3-4-8(7(10)5-6)16(9,12)13/h3-5H,10H2,1-2H3. The van der Waals surface area contributed by atoms with Crippen LogP contribution in [0.4, 0.5) is 9.57 Å². The minimum absolute atomic E-state index is 0.201. The second kappa shape index (κ2) is 4.24. The Bertz CT molecular complexity index is 637.